The van der Waals surface area contributed by atoms with E-state index in [1.165, 1.54) is 18.3 Å². The lowest BCUT2D eigenvalue weighted by Gasteiger charge is -2.12. The first-order valence-electron chi connectivity index (χ1n) is 9.56. The molecule has 0 saturated carbocycles. The summed E-state index contributed by atoms with van der Waals surface area (Å²) in [6, 6.07) is 13.5. The molecule has 0 unspecified atom stereocenters. The summed E-state index contributed by atoms with van der Waals surface area (Å²) in [4.78, 5) is 20.7. The Morgan fingerprint density at radius 2 is 1.88 bits per heavy atom. The average molecular weight is 457 g/mol. The van der Waals surface area contributed by atoms with Crippen molar-refractivity contribution in [2.24, 2.45) is 0 Å². The van der Waals surface area contributed by atoms with E-state index < -0.39 is 23.5 Å². The Kier molecular flexibility index (Phi) is 5.93. The van der Waals surface area contributed by atoms with Crippen LogP contribution in [0.15, 0.2) is 66.9 Å². The molecule has 6 nitrogen and oxygen atoms in total. The number of aromatic nitrogens is 2. The van der Waals surface area contributed by atoms with Gasteiger partial charge in [0.15, 0.2) is 5.82 Å². The summed E-state index contributed by atoms with van der Waals surface area (Å²) in [5, 5.41) is 12.7. The minimum Gasteiger partial charge on any atom is -0.439 e. The van der Waals surface area contributed by atoms with Crippen molar-refractivity contribution in [2.45, 2.75) is 12.8 Å². The van der Waals surface area contributed by atoms with Gasteiger partial charge in [-0.05, 0) is 53.2 Å². The Morgan fingerprint density at radius 3 is 2.64 bits per heavy atom. The molecule has 1 heterocycles. The monoisotopic (exact) mass is 457 g/mol. The van der Waals surface area contributed by atoms with Crippen LogP contribution >= 0.6 is 0 Å². The van der Waals surface area contributed by atoms with Gasteiger partial charge in [-0.1, -0.05) is 12.1 Å². The number of alkyl halides is 3. The normalized spacial score (nSPS) is 11.4. The third-order valence-electron chi connectivity index (χ3n) is 4.67. The van der Waals surface area contributed by atoms with Crippen LogP contribution in [0.1, 0.15) is 21.7 Å². The van der Waals surface area contributed by atoms with E-state index in [1.54, 1.807) is 30.3 Å². The Labute approximate surface area is 184 Å². The summed E-state index contributed by atoms with van der Waals surface area (Å²) in [5.74, 6) is -1.25. The number of rotatable bonds is 5. The van der Waals surface area contributed by atoms with Gasteiger partial charge in [0, 0.05) is 23.5 Å². The van der Waals surface area contributed by atoms with Gasteiger partial charge < -0.3 is 15.2 Å². The average Bonchev–Trinajstić information content (AvgIpc) is 2.79. The van der Waals surface area contributed by atoms with Gasteiger partial charge in [0.1, 0.15) is 18.2 Å². The summed E-state index contributed by atoms with van der Waals surface area (Å²) < 4.78 is 58.0. The number of fused-ring (bicyclic) bond motifs is 1. The number of halogens is 4. The molecule has 0 fully saturated rings. The molecule has 3 aromatic carbocycles. The summed E-state index contributed by atoms with van der Waals surface area (Å²) in [7, 11) is 0. The molecule has 0 saturated heterocycles. The maximum atomic E-state index is 13.5. The number of hydrogen-bond donors (Lipinski definition) is 2. The molecule has 0 spiro atoms. The molecule has 33 heavy (non-hydrogen) atoms. The third-order valence-corrected chi connectivity index (χ3v) is 4.67. The van der Waals surface area contributed by atoms with Gasteiger partial charge in [-0.2, -0.15) is 18.2 Å². The molecule has 4 rings (SSSR count). The molecule has 0 aliphatic carbocycles. The fourth-order valence-electron chi connectivity index (χ4n) is 3.18. The van der Waals surface area contributed by atoms with Crippen LogP contribution in [-0.4, -0.2) is 21.0 Å². The first-order valence-corrected chi connectivity index (χ1v) is 9.56. The van der Waals surface area contributed by atoms with Crippen LogP contribution in [0.3, 0.4) is 0 Å². The van der Waals surface area contributed by atoms with E-state index in [9.17, 15) is 22.4 Å². The van der Waals surface area contributed by atoms with Crippen LogP contribution < -0.4 is 10.1 Å². The number of anilines is 1. The van der Waals surface area contributed by atoms with E-state index in [0.29, 0.717) is 28.7 Å². The van der Waals surface area contributed by atoms with Gasteiger partial charge in [0.2, 0.25) is 5.88 Å². The van der Waals surface area contributed by atoms with Gasteiger partial charge >= 0.3 is 6.18 Å². The Bertz CT molecular complexity index is 1340. The van der Waals surface area contributed by atoms with Crippen LogP contribution in [-0.2, 0) is 12.8 Å². The van der Waals surface area contributed by atoms with Gasteiger partial charge in [-0.15, -0.1) is 0 Å². The van der Waals surface area contributed by atoms with Crippen molar-refractivity contribution in [3.8, 4) is 11.6 Å². The maximum Gasteiger partial charge on any atom is 0.419 e. The van der Waals surface area contributed by atoms with E-state index in [4.69, 9.17) is 9.84 Å². The zero-order valence-electron chi connectivity index (χ0n) is 16.7. The minimum atomic E-state index is -4.89. The molecule has 4 aromatic rings. The molecule has 10 heteroatoms. The van der Waals surface area contributed by atoms with E-state index in [1.807, 2.05) is 0 Å². The smallest absolute Gasteiger partial charge is 0.419 e. The summed E-state index contributed by atoms with van der Waals surface area (Å²) >= 11 is 0. The fourth-order valence-corrected chi connectivity index (χ4v) is 3.18. The topological polar surface area (TPSA) is 84.3 Å². The predicted molar refractivity (Wildman–Crippen MR) is 111 cm³/mol. The number of aliphatic hydroxyl groups is 1. The quantitative estimate of drug-likeness (QED) is 0.396. The summed E-state index contributed by atoms with van der Waals surface area (Å²) in [5.41, 5.74) is -1.44. The number of ether oxygens (including phenoxy) is 1. The predicted octanol–water partition coefficient (Wildman–Crippen LogP) is 5.32. The second-order valence-corrected chi connectivity index (χ2v) is 6.91. The van der Waals surface area contributed by atoms with E-state index >= 15 is 0 Å². The highest BCUT2D eigenvalue weighted by Gasteiger charge is 2.34. The molecule has 0 atom stereocenters. The first kappa shape index (κ1) is 22.2. The molecule has 0 aliphatic heterocycles. The number of nitrogens with zero attached hydrogens (tertiary/aromatic N) is 2. The zero-order chi connectivity index (χ0) is 23.6. The third kappa shape index (κ3) is 4.90. The second kappa shape index (κ2) is 8.83. The van der Waals surface area contributed by atoms with Crippen molar-refractivity contribution >= 4 is 22.4 Å². The highest BCUT2D eigenvalue weighted by Crippen LogP contribution is 2.33. The second-order valence-electron chi connectivity index (χ2n) is 6.91. The fraction of sp³-hybridized carbons (Fsp3) is 0.0870. The molecular weight excluding hydrogens is 442 g/mol. The van der Waals surface area contributed by atoms with Gasteiger partial charge in [-0.25, -0.2) is 9.37 Å². The maximum absolute atomic E-state index is 13.5. The zero-order valence-corrected chi connectivity index (χ0v) is 16.7. The number of benzene rings is 3. The first-order chi connectivity index (χ1) is 15.7. The molecule has 0 aliphatic rings. The number of carbonyl (C=O) groups is 1. The number of amides is 1. The lowest BCUT2D eigenvalue weighted by molar-refractivity contribution is -0.139. The minimum absolute atomic E-state index is 0.186. The van der Waals surface area contributed by atoms with Crippen molar-refractivity contribution in [1.29, 1.82) is 0 Å². The van der Waals surface area contributed by atoms with Gasteiger partial charge in [0.25, 0.3) is 5.91 Å². The standard InChI is InChI=1S/C23H15F4N3O3/c24-19-7-4-14(11-18(19)23(25,26)27)29-22(32)17-3-1-2-13-10-15(5-6-16(13)17)33-21-8-9-28-20(12-31)30-21/h1-11,31H,12H2,(H,29,32). The molecule has 1 aromatic heterocycles. The largest absolute Gasteiger partial charge is 0.439 e. The summed E-state index contributed by atoms with van der Waals surface area (Å²) in [6.45, 7) is -0.341. The SMILES string of the molecule is O=C(Nc1ccc(F)c(C(F)(F)F)c1)c1cccc2cc(Oc3ccnc(CO)n3)ccc12. The number of nitrogens with one attached hydrogen (secondary N) is 1. The molecule has 0 radical (unpaired) electrons. The van der Waals surface area contributed by atoms with Crippen molar-refractivity contribution in [1.82, 2.24) is 9.97 Å². The van der Waals surface area contributed by atoms with E-state index in [-0.39, 0.29) is 29.6 Å². The molecule has 0 bridgehead atoms. The Morgan fingerprint density at radius 1 is 1.06 bits per heavy atom. The molecule has 2 N–H and O–H groups in total. The lowest BCUT2D eigenvalue weighted by atomic mass is 10.0. The van der Waals surface area contributed by atoms with Crippen LogP contribution in [0.2, 0.25) is 0 Å². The molecule has 1 amide bonds. The van der Waals surface area contributed by atoms with Gasteiger partial charge in [-0.3, -0.25) is 4.79 Å². The van der Waals surface area contributed by atoms with E-state index in [2.05, 4.69) is 15.3 Å². The van der Waals surface area contributed by atoms with Crippen LogP contribution in [0.4, 0.5) is 23.2 Å². The number of hydrogen-bond acceptors (Lipinski definition) is 5. The summed E-state index contributed by atoms with van der Waals surface area (Å²) in [6.07, 6.45) is -3.45. The highest BCUT2D eigenvalue weighted by atomic mass is 19.4. The van der Waals surface area contributed by atoms with Crippen LogP contribution in [0, 0.1) is 5.82 Å². The van der Waals surface area contributed by atoms with Gasteiger partial charge in [0.05, 0.1) is 5.56 Å². The van der Waals surface area contributed by atoms with Crippen LogP contribution in [0.25, 0.3) is 10.8 Å². The Balaban J connectivity index is 1.60. The Hall–Kier alpha value is -4.05. The van der Waals surface area contributed by atoms with Crippen molar-refractivity contribution < 1.29 is 32.2 Å². The molecule has 168 valence electrons. The van der Waals surface area contributed by atoms with E-state index in [0.717, 1.165) is 6.07 Å². The number of aliphatic hydroxyl groups excluding tert-OH is 1. The van der Waals surface area contributed by atoms with Crippen LogP contribution in [0.5, 0.6) is 11.6 Å². The highest BCUT2D eigenvalue weighted by molar-refractivity contribution is 6.13. The number of carbonyl (C=O) groups excluding carboxylic acids is 1. The van der Waals surface area contributed by atoms with Crippen molar-refractivity contribution in [3.63, 3.8) is 0 Å². The van der Waals surface area contributed by atoms with Crippen molar-refractivity contribution in [2.75, 3.05) is 5.32 Å². The van der Waals surface area contributed by atoms with Crippen molar-refractivity contribution in [3.05, 3.63) is 89.6 Å². The molecular formula is C23H15F4N3O3. The lowest BCUT2D eigenvalue weighted by Crippen LogP contribution is -2.14.